The van der Waals surface area contributed by atoms with Crippen molar-refractivity contribution in [3.8, 4) is 22.6 Å². The maximum absolute atomic E-state index is 15.7. The van der Waals surface area contributed by atoms with E-state index in [4.69, 9.17) is 23.1 Å². The third kappa shape index (κ3) is 21.9. The molecule has 1 saturated heterocycles. The van der Waals surface area contributed by atoms with Crippen molar-refractivity contribution >= 4 is 106 Å². The van der Waals surface area contributed by atoms with Crippen LogP contribution in [0.1, 0.15) is 116 Å². The minimum atomic E-state index is -3.09. The zero-order chi connectivity index (χ0) is 82.8. The number of carbonyl (C=O) groups is 7. The first kappa shape index (κ1) is 86.7. The van der Waals surface area contributed by atoms with Crippen LogP contribution < -0.4 is 66.0 Å². The molecule has 0 saturated carbocycles. The summed E-state index contributed by atoms with van der Waals surface area (Å²) in [6.07, 6.45) is -1.11. The number of ether oxygens (including phenoxy) is 3. The average Bonchev–Trinajstić information content (AvgIpc) is 0.958. The Bertz CT molecular complexity index is 4660. The van der Waals surface area contributed by atoms with Crippen LogP contribution in [0, 0.1) is 0 Å². The number of rotatable bonds is 28. The minimum absolute atomic E-state index is 0.0538. The summed E-state index contributed by atoms with van der Waals surface area (Å²) in [5, 5.41) is 21.6. The van der Waals surface area contributed by atoms with Crippen molar-refractivity contribution in [1.29, 1.82) is 0 Å². The van der Waals surface area contributed by atoms with Crippen LogP contribution >= 0.6 is 0 Å². The third-order valence-corrected chi connectivity index (χ3v) is 35.9. The van der Waals surface area contributed by atoms with E-state index < -0.39 is 128 Å². The molecule has 0 radical (unpaired) electrons. The molecule has 1 aliphatic carbocycles. The van der Waals surface area contributed by atoms with Gasteiger partial charge in [-0.25, -0.2) is 4.79 Å². The van der Waals surface area contributed by atoms with Crippen LogP contribution in [0.3, 0.4) is 0 Å². The first-order valence-electron chi connectivity index (χ1n) is 40.4. The molecule has 3 unspecified atom stereocenters. The number of alkyl carbamates (subject to hydrolysis) is 1. The summed E-state index contributed by atoms with van der Waals surface area (Å²) in [7, 11) is -7.66. The molecule has 0 aromatic heterocycles. The quantitative estimate of drug-likeness (QED) is 0.0198. The Labute approximate surface area is 693 Å². The van der Waals surface area contributed by atoms with Crippen molar-refractivity contribution in [2.75, 3.05) is 19.8 Å². The van der Waals surface area contributed by atoms with Gasteiger partial charge in [0.1, 0.15) is 18.1 Å². The van der Waals surface area contributed by atoms with Gasteiger partial charge in [0.05, 0.1) is 0 Å². The molecule has 22 heteroatoms. The molecule has 6 amide bonds. The summed E-state index contributed by atoms with van der Waals surface area (Å²) in [6.45, 7) is 24.8. The Morgan fingerprint density at radius 3 is 1.50 bits per heavy atom. The van der Waals surface area contributed by atoms with E-state index in [2.05, 4.69) is 178 Å². The van der Waals surface area contributed by atoms with Gasteiger partial charge in [0.25, 0.3) is 0 Å². The van der Waals surface area contributed by atoms with Gasteiger partial charge >= 0.3 is 317 Å². The predicted octanol–water partition coefficient (Wildman–Crippen LogP) is 12.4. The first-order chi connectivity index (χ1) is 55.5. The molecular weight excluding hydrogens is 1570 g/mol. The molecule has 18 nitrogen and oxygen atoms in total. The molecular formula is C94H112N6O12SeSi3. The SMILES string of the molecule is C[C@@H]1NC(=O)C(NC(=O)[C@@H](Cc2ccc(O[Si](c3ccccc3)(c3ccccc3)C(C)(C)C)cc2)NC(=O)OCC2c3ccccc3-c3ccccc32)[C@@H](C)OCC(CCCc2ccc(O[Si](c3ccccc3)(c3ccccc3)C(C)(C)C)cc2)NC(=O)C(CCC(=O)OCC[Si](C)(C)C)NC(=O)[C@H]([C@H](C)[Se]c2ccccc2)NC1=O. The van der Waals surface area contributed by atoms with Crippen LogP contribution in [-0.4, -0.2) is 143 Å². The monoisotopic (exact) mass is 1680 g/mol. The molecule has 608 valence electrons. The van der Waals surface area contributed by atoms with E-state index in [1.165, 1.54) is 6.92 Å². The van der Waals surface area contributed by atoms with Crippen LogP contribution in [0.15, 0.2) is 249 Å². The normalized spacial score (nSPS) is 18.4. The molecule has 0 bridgehead atoms. The molecule has 1 heterocycles. The van der Waals surface area contributed by atoms with E-state index in [0.29, 0.717) is 30.6 Å². The fourth-order valence-corrected chi connectivity index (χ4v) is 27.3. The second-order valence-electron chi connectivity index (χ2n) is 33.7. The van der Waals surface area contributed by atoms with Crippen molar-refractivity contribution in [2.24, 2.45) is 0 Å². The fraction of sp³-hybridized carbons (Fsp3) is 0.351. The second kappa shape index (κ2) is 39.2. The first-order valence-corrected chi connectivity index (χ1v) is 49.8. The molecule has 0 spiro atoms. The fourth-order valence-electron chi connectivity index (χ4n) is 15.5. The maximum atomic E-state index is 15.7. The summed E-state index contributed by atoms with van der Waals surface area (Å²) in [6, 6.07) is 75.8. The predicted molar refractivity (Wildman–Crippen MR) is 468 cm³/mol. The van der Waals surface area contributed by atoms with Crippen LogP contribution in [0.2, 0.25) is 40.6 Å². The molecule has 6 N–H and O–H groups in total. The Hall–Kier alpha value is -10.2. The molecule has 9 aromatic carbocycles. The molecule has 11 rings (SSSR count). The number of hydrogen-bond donors (Lipinski definition) is 6. The van der Waals surface area contributed by atoms with Crippen LogP contribution in [0.5, 0.6) is 11.5 Å². The zero-order valence-corrected chi connectivity index (χ0v) is 73.5. The number of hydrogen-bond acceptors (Lipinski definition) is 12. The van der Waals surface area contributed by atoms with Gasteiger partial charge in [-0.2, -0.15) is 0 Å². The van der Waals surface area contributed by atoms with Crippen LogP contribution in [-0.2, 0) is 55.8 Å². The standard InChI is InChI=1S/C94H112N6O12SeSi3/c1-64-87(102)100-86(66(3)113-72-35-18-13-19-36-72)91(106)97-82(57-58-84(101)108-59-60-114(10,11)12)88(103)96-69(34-32-33-67-49-53-70(54-50-67)111-115(93(4,5)6,73-37-20-14-21-38-73)74-39-22-15-23-40-74)62-109-65(2)85(90(105)95-64)99-89(104)83(98-92(107)110-63-81-79-47-30-28-45-77(79)78-46-29-31-48-80(78)81)61-68-51-55-71(56-52-68)112-116(94(7,8)9,75-41-24-16-25-42-75)76-43-26-17-27-44-76/h13-31,35-56,64-66,69,81-83,85-86H,32-34,57-63H2,1-12H3,(H,95,105)(H,96,103)(H,97,106)(H,98,107)(H,99,104)(H,100,102)/t64-,65+,66-,69?,82?,83+,85?,86-/m0/s1. The summed E-state index contributed by atoms with van der Waals surface area (Å²) in [5.41, 5.74) is 5.70. The van der Waals surface area contributed by atoms with Crippen molar-refractivity contribution in [3.05, 3.63) is 271 Å². The molecule has 1 aliphatic heterocycles. The van der Waals surface area contributed by atoms with Crippen LogP contribution in [0.25, 0.3) is 11.1 Å². The summed E-state index contributed by atoms with van der Waals surface area (Å²) < 4.78 is 34.3. The summed E-state index contributed by atoms with van der Waals surface area (Å²) in [5.74, 6) is -3.11. The topological polar surface area (TPSA) is 238 Å². The van der Waals surface area contributed by atoms with Crippen molar-refractivity contribution in [2.45, 2.75) is 190 Å². The Kier molecular flexibility index (Phi) is 29.3. The van der Waals surface area contributed by atoms with Gasteiger partial charge in [-0.15, -0.1) is 0 Å². The van der Waals surface area contributed by atoms with Gasteiger partial charge in [-0.1, -0.05) is 255 Å². The van der Waals surface area contributed by atoms with Crippen molar-refractivity contribution in [3.63, 3.8) is 0 Å². The van der Waals surface area contributed by atoms with E-state index >= 15 is 19.2 Å². The number of carbonyl (C=O) groups excluding carboxylic acids is 7. The van der Waals surface area contributed by atoms with E-state index in [0.717, 1.165) is 64.8 Å². The van der Waals surface area contributed by atoms with E-state index in [1.54, 1.807) is 6.92 Å². The number of amides is 6. The van der Waals surface area contributed by atoms with Gasteiger partial charge < -0.3 is 13.6 Å². The van der Waals surface area contributed by atoms with E-state index in [1.807, 2.05) is 171 Å². The number of nitrogens with one attached hydrogen (secondary N) is 6. The summed E-state index contributed by atoms with van der Waals surface area (Å²) >= 11 is -0.421. The Morgan fingerprint density at radius 1 is 0.534 bits per heavy atom. The Morgan fingerprint density at radius 2 is 1.01 bits per heavy atom. The van der Waals surface area contributed by atoms with E-state index in [9.17, 15) is 14.4 Å². The van der Waals surface area contributed by atoms with Gasteiger partial charge in [-0.05, 0) is 82.9 Å². The number of benzene rings is 9. The zero-order valence-electron chi connectivity index (χ0n) is 68.7. The van der Waals surface area contributed by atoms with Gasteiger partial charge in [-0.3, -0.25) is 0 Å². The number of fused-ring (bicyclic) bond motifs is 3. The molecule has 116 heavy (non-hydrogen) atoms. The van der Waals surface area contributed by atoms with Crippen molar-refractivity contribution < 1.29 is 56.6 Å². The van der Waals surface area contributed by atoms with Gasteiger partial charge in [0.2, 0.25) is 0 Å². The number of esters is 1. The van der Waals surface area contributed by atoms with Gasteiger partial charge in [0.15, 0.2) is 0 Å². The molecule has 1 fully saturated rings. The molecule has 9 aromatic rings. The Balaban J connectivity index is 0.907. The van der Waals surface area contributed by atoms with Gasteiger partial charge in [0, 0.05) is 5.92 Å². The van der Waals surface area contributed by atoms with Crippen LogP contribution in [0.4, 0.5) is 4.79 Å². The van der Waals surface area contributed by atoms with Crippen molar-refractivity contribution in [1.82, 2.24) is 31.9 Å². The average molecular weight is 1680 g/mol. The molecule has 2 aliphatic rings. The summed E-state index contributed by atoms with van der Waals surface area (Å²) in [4.78, 5) is 104. The number of aryl methyl sites for hydroxylation is 1. The third-order valence-electron chi connectivity index (χ3n) is 21.8. The van der Waals surface area contributed by atoms with E-state index in [-0.39, 0.29) is 55.1 Å². The second-order valence-corrected chi connectivity index (χ2v) is 50.8. The molecule has 8 atom stereocenters.